The Bertz CT molecular complexity index is 48.6. The molecule has 0 aliphatic heterocycles. The van der Waals surface area contributed by atoms with E-state index in [-0.39, 0.29) is 40.1 Å². The van der Waals surface area contributed by atoms with Crippen LogP contribution in [0.1, 0.15) is 90.5 Å². The Morgan fingerprint density at radius 2 is 0.333 bits per heavy atom. The van der Waals surface area contributed by atoms with Crippen molar-refractivity contribution in [2.45, 2.75) is 90.5 Å². The minimum absolute atomic E-state index is 0. The van der Waals surface area contributed by atoms with Crippen LogP contribution in [0.4, 0.5) is 0 Å². The van der Waals surface area contributed by atoms with Crippen molar-refractivity contribution in [3.63, 3.8) is 0 Å². The van der Waals surface area contributed by atoms with Crippen LogP contribution in [0.2, 0.25) is 0 Å². The molecule has 0 heterocycles. The summed E-state index contributed by atoms with van der Waals surface area (Å²) in [5, 5.41) is 0. The molecule has 1 heteroatoms. The van der Waals surface area contributed by atoms with Gasteiger partial charge in [-0.05, 0) is 23.7 Å². The van der Waals surface area contributed by atoms with Crippen molar-refractivity contribution in [1.29, 1.82) is 0 Å². The second kappa shape index (κ2) is 30.8. The molecule has 0 rings (SSSR count). The van der Waals surface area contributed by atoms with Gasteiger partial charge in [0, 0.05) is 32.7 Å². The Morgan fingerprint density at radius 3 is 0.333 bits per heavy atom. The molecule has 0 N–H and O–H groups in total. The van der Waals surface area contributed by atoms with Gasteiger partial charge in [0.1, 0.15) is 0 Å². The van der Waals surface area contributed by atoms with Crippen LogP contribution >= 0.6 is 0 Å². The predicted octanol–water partition coefficient (Wildman–Crippen LogP) is 7.28. The van der Waals surface area contributed by atoms with Gasteiger partial charge < -0.3 is 0 Å². The number of rotatable bonds is 0. The van der Waals surface area contributed by atoms with Gasteiger partial charge in [-0.3, -0.25) is 0 Å². The summed E-state index contributed by atoms with van der Waals surface area (Å²) in [5.74, 6) is 3.33. The minimum Gasteiger partial charge on any atom is -0.0776 e. The maximum Gasteiger partial charge on any atom is 0 e. The molecule has 0 aromatic carbocycles. The molecule has 0 amide bonds. The molecular weight excluding hydrogens is 293 g/mol. The van der Waals surface area contributed by atoms with Crippen molar-refractivity contribution in [1.82, 2.24) is 0 Å². The van der Waals surface area contributed by atoms with E-state index in [0.29, 0.717) is 0 Å². The molecular formula is C17H44Y. The number of hydrogen-bond acceptors (Lipinski definition) is 0. The first-order valence-electron chi connectivity index (χ1n) is 6.93. The van der Waals surface area contributed by atoms with Gasteiger partial charge in [0.05, 0.1) is 0 Å². The predicted molar refractivity (Wildman–Crippen MR) is 88.8 cm³/mol. The van der Waals surface area contributed by atoms with Crippen LogP contribution in [-0.2, 0) is 32.7 Å². The molecule has 0 atom stereocenters. The van der Waals surface area contributed by atoms with Crippen LogP contribution in [0.15, 0.2) is 0 Å². The second-order valence-electron chi connectivity index (χ2n) is 6.93. The molecule has 1 radical (unpaired) electrons. The average Bonchev–Trinajstić information content (AvgIpc) is 1.76. The molecule has 0 bridgehead atoms. The van der Waals surface area contributed by atoms with Crippen LogP contribution < -0.4 is 0 Å². The van der Waals surface area contributed by atoms with Gasteiger partial charge in [-0.25, -0.2) is 0 Å². The van der Waals surface area contributed by atoms with E-state index in [9.17, 15) is 0 Å². The maximum absolute atomic E-state index is 2.17. The van der Waals surface area contributed by atoms with E-state index in [4.69, 9.17) is 0 Å². The zero-order valence-corrected chi connectivity index (χ0v) is 17.7. The average molecular weight is 337 g/mol. The van der Waals surface area contributed by atoms with Crippen molar-refractivity contribution < 1.29 is 32.7 Å². The van der Waals surface area contributed by atoms with Crippen molar-refractivity contribution in [3.05, 3.63) is 0 Å². The molecule has 0 nitrogen and oxygen atoms in total. The molecule has 0 aromatic rings. The molecule has 0 saturated heterocycles. The SMILES string of the molecule is C.CC(C)C.CC(C)C.CC(C)C.CC(C)C.[Y]. The normalized spacial score (nSPS) is 8.00. The van der Waals surface area contributed by atoms with E-state index in [1.807, 2.05) is 0 Å². The molecule has 0 saturated carbocycles. The van der Waals surface area contributed by atoms with Gasteiger partial charge >= 0.3 is 0 Å². The summed E-state index contributed by atoms with van der Waals surface area (Å²) in [6.45, 7) is 26.0. The molecule has 0 aliphatic rings. The van der Waals surface area contributed by atoms with Gasteiger partial charge in [0.25, 0.3) is 0 Å². The first-order chi connectivity index (χ1) is 6.93. The summed E-state index contributed by atoms with van der Waals surface area (Å²) in [6.07, 6.45) is 0. The monoisotopic (exact) mass is 337 g/mol. The maximum atomic E-state index is 2.17. The van der Waals surface area contributed by atoms with E-state index in [0.717, 1.165) is 23.7 Å². The summed E-state index contributed by atoms with van der Waals surface area (Å²) in [5.41, 5.74) is 0. The summed E-state index contributed by atoms with van der Waals surface area (Å²) < 4.78 is 0. The molecule has 0 aromatic heterocycles. The topological polar surface area (TPSA) is 0 Å². The van der Waals surface area contributed by atoms with Gasteiger partial charge in [0.2, 0.25) is 0 Å². The first kappa shape index (κ1) is 36.5. The van der Waals surface area contributed by atoms with Crippen LogP contribution in [0, 0.1) is 23.7 Å². The van der Waals surface area contributed by atoms with Crippen LogP contribution in [0.5, 0.6) is 0 Å². The Morgan fingerprint density at radius 1 is 0.333 bits per heavy atom. The Balaban J connectivity index is -0.0000000257. The third kappa shape index (κ3) is 3640. The van der Waals surface area contributed by atoms with Crippen molar-refractivity contribution in [3.8, 4) is 0 Å². The zero-order valence-electron chi connectivity index (χ0n) is 14.9. The third-order valence-corrected chi connectivity index (χ3v) is 0. The van der Waals surface area contributed by atoms with Gasteiger partial charge in [-0.2, -0.15) is 0 Å². The molecule has 0 aliphatic carbocycles. The Labute approximate surface area is 146 Å². The quantitative estimate of drug-likeness (QED) is 0.435. The fraction of sp³-hybridized carbons (Fsp3) is 1.00. The van der Waals surface area contributed by atoms with E-state index < -0.39 is 0 Å². The molecule has 0 fully saturated rings. The standard InChI is InChI=1S/4C4H10.CH4.Y/c4*1-4(2)3;;/h4*4H,1-3H3;1H4;. The van der Waals surface area contributed by atoms with E-state index in [1.54, 1.807) is 0 Å². The first-order valence-corrected chi connectivity index (χ1v) is 6.93. The summed E-state index contributed by atoms with van der Waals surface area (Å²) in [7, 11) is 0. The summed E-state index contributed by atoms with van der Waals surface area (Å²) in [6, 6.07) is 0. The minimum atomic E-state index is 0. The van der Waals surface area contributed by atoms with Crippen molar-refractivity contribution >= 4 is 0 Å². The van der Waals surface area contributed by atoms with E-state index in [2.05, 4.69) is 83.1 Å². The van der Waals surface area contributed by atoms with E-state index in [1.165, 1.54) is 0 Å². The van der Waals surface area contributed by atoms with Gasteiger partial charge in [-0.1, -0.05) is 90.5 Å². The molecule has 18 heavy (non-hydrogen) atoms. The second-order valence-corrected chi connectivity index (χ2v) is 6.93. The van der Waals surface area contributed by atoms with Crippen molar-refractivity contribution in [2.24, 2.45) is 23.7 Å². The van der Waals surface area contributed by atoms with E-state index >= 15 is 0 Å². The van der Waals surface area contributed by atoms with Crippen LogP contribution in [-0.4, -0.2) is 0 Å². The Kier molecular flexibility index (Phi) is 62.5. The number of hydrogen-bond donors (Lipinski definition) is 0. The molecule has 0 spiro atoms. The van der Waals surface area contributed by atoms with Gasteiger partial charge in [0.15, 0.2) is 0 Å². The van der Waals surface area contributed by atoms with Crippen molar-refractivity contribution in [2.75, 3.05) is 0 Å². The largest absolute Gasteiger partial charge is 0.0776 e. The van der Waals surface area contributed by atoms with Crippen LogP contribution in [0.25, 0.3) is 0 Å². The zero-order chi connectivity index (χ0) is 14.3. The fourth-order valence-electron chi connectivity index (χ4n) is 0. The third-order valence-electron chi connectivity index (χ3n) is 0. The van der Waals surface area contributed by atoms with Gasteiger partial charge in [-0.15, -0.1) is 0 Å². The molecule has 0 unspecified atom stereocenters. The Hall–Kier alpha value is 1.10. The van der Waals surface area contributed by atoms with Crippen LogP contribution in [0.3, 0.4) is 0 Å². The summed E-state index contributed by atoms with van der Waals surface area (Å²) in [4.78, 5) is 0. The fourth-order valence-corrected chi connectivity index (χ4v) is 0. The smallest absolute Gasteiger partial charge is 0 e. The molecule has 115 valence electrons. The summed E-state index contributed by atoms with van der Waals surface area (Å²) >= 11 is 0.